The van der Waals surface area contributed by atoms with Crippen molar-refractivity contribution in [3.05, 3.63) is 35.4 Å². The van der Waals surface area contributed by atoms with Gasteiger partial charge in [0.25, 0.3) is 0 Å². The number of likely N-dealkylation sites (tertiary alicyclic amines) is 1. The summed E-state index contributed by atoms with van der Waals surface area (Å²) in [5.41, 5.74) is 0.482. The highest BCUT2D eigenvalue weighted by Crippen LogP contribution is 2.17. The number of nitrogens with zero attached hydrogens (tertiary/aromatic N) is 1. The van der Waals surface area contributed by atoms with Crippen LogP contribution in [0.4, 0.5) is 8.78 Å². The van der Waals surface area contributed by atoms with E-state index in [1.807, 2.05) is 0 Å². The summed E-state index contributed by atoms with van der Waals surface area (Å²) in [7, 11) is 0. The van der Waals surface area contributed by atoms with Gasteiger partial charge in [0.05, 0.1) is 11.8 Å². The molecule has 1 amide bonds. The van der Waals surface area contributed by atoms with Crippen LogP contribution in [-0.2, 0) is 11.2 Å². The van der Waals surface area contributed by atoms with Crippen molar-refractivity contribution in [2.75, 3.05) is 13.1 Å². The van der Waals surface area contributed by atoms with Crippen molar-refractivity contribution in [2.24, 2.45) is 0 Å². The van der Waals surface area contributed by atoms with E-state index >= 15 is 0 Å². The lowest BCUT2D eigenvalue weighted by atomic mass is 10.1. The first-order valence-corrected chi connectivity index (χ1v) is 6.35. The molecule has 1 aromatic rings. The van der Waals surface area contributed by atoms with Gasteiger partial charge in [0.1, 0.15) is 0 Å². The minimum Gasteiger partial charge on any atom is -0.341 e. The normalized spacial score (nSPS) is 19.9. The van der Waals surface area contributed by atoms with E-state index in [1.54, 1.807) is 4.90 Å². The van der Waals surface area contributed by atoms with E-state index in [0.717, 1.165) is 25.0 Å². The van der Waals surface area contributed by atoms with Gasteiger partial charge < -0.3 is 4.90 Å². The highest BCUT2D eigenvalue weighted by Gasteiger charge is 2.22. The first-order chi connectivity index (χ1) is 8.56. The van der Waals surface area contributed by atoms with Gasteiger partial charge in [-0.15, -0.1) is 11.6 Å². The van der Waals surface area contributed by atoms with Crippen molar-refractivity contribution >= 4 is 17.5 Å². The fraction of sp³-hybridized carbons (Fsp3) is 0.462. The van der Waals surface area contributed by atoms with Crippen LogP contribution in [0.1, 0.15) is 18.4 Å². The van der Waals surface area contributed by atoms with E-state index < -0.39 is 11.6 Å². The second-order valence-electron chi connectivity index (χ2n) is 4.50. The molecule has 1 aromatic carbocycles. The van der Waals surface area contributed by atoms with Crippen LogP contribution in [-0.4, -0.2) is 29.3 Å². The first kappa shape index (κ1) is 13.3. The molecule has 1 aliphatic heterocycles. The second kappa shape index (κ2) is 5.65. The molecular formula is C13H14ClF2NO. The van der Waals surface area contributed by atoms with Gasteiger partial charge >= 0.3 is 0 Å². The van der Waals surface area contributed by atoms with Crippen LogP contribution in [0.3, 0.4) is 0 Å². The lowest BCUT2D eigenvalue weighted by Gasteiger charge is -2.29. The largest absolute Gasteiger partial charge is 0.341 e. The Bertz CT molecular complexity index is 453. The molecule has 0 radical (unpaired) electrons. The molecule has 1 unspecified atom stereocenters. The van der Waals surface area contributed by atoms with E-state index in [9.17, 15) is 13.6 Å². The lowest BCUT2D eigenvalue weighted by molar-refractivity contribution is -0.131. The summed E-state index contributed by atoms with van der Waals surface area (Å²) in [6.45, 7) is 1.22. The number of benzene rings is 1. The number of alkyl halides is 1. The molecule has 0 aliphatic carbocycles. The quantitative estimate of drug-likeness (QED) is 0.759. The number of hydrogen-bond donors (Lipinski definition) is 0. The standard InChI is InChI=1S/C13H14ClF2NO/c14-10-2-1-5-17(8-10)13(18)7-9-3-4-11(15)12(16)6-9/h3-4,6,10H,1-2,5,7-8H2. The molecule has 5 heteroatoms. The van der Waals surface area contributed by atoms with Crippen LogP contribution in [0.5, 0.6) is 0 Å². The summed E-state index contributed by atoms with van der Waals surface area (Å²) in [4.78, 5) is 13.6. The van der Waals surface area contributed by atoms with E-state index in [1.165, 1.54) is 6.07 Å². The summed E-state index contributed by atoms with van der Waals surface area (Å²) in [6, 6.07) is 3.53. The number of hydrogen-bond acceptors (Lipinski definition) is 1. The van der Waals surface area contributed by atoms with Crippen molar-refractivity contribution in [3.8, 4) is 0 Å². The van der Waals surface area contributed by atoms with Gasteiger partial charge in [0, 0.05) is 13.1 Å². The third-order valence-electron chi connectivity index (χ3n) is 3.06. The van der Waals surface area contributed by atoms with E-state index in [4.69, 9.17) is 11.6 Å². The molecule has 1 atom stereocenters. The van der Waals surface area contributed by atoms with Crippen molar-refractivity contribution in [3.63, 3.8) is 0 Å². The lowest BCUT2D eigenvalue weighted by Crippen LogP contribution is -2.41. The second-order valence-corrected chi connectivity index (χ2v) is 5.12. The van der Waals surface area contributed by atoms with Gasteiger partial charge in [0.15, 0.2) is 11.6 Å². The van der Waals surface area contributed by atoms with Crippen LogP contribution in [0.25, 0.3) is 0 Å². The van der Waals surface area contributed by atoms with Crippen LogP contribution in [0.15, 0.2) is 18.2 Å². The summed E-state index contributed by atoms with van der Waals surface area (Å²) < 4.78 is 25.8. The predicted octanol–water partition coefficient (Wildman–Crippen LogP) is 2.74. The molecule has 0 saturated carbocycles. The Morgan fingerprint density at radius 1 is 1.39 bits per heavy atom. The fourth-order valence-electron chi connectivity index (χ4n) is 2.09. The smallest absolute Gasteiger partial charge is 0.227 e. The van der Waals surface area contributed by atoms with Gasteiger partial charge in [0.2, 0.25) is 5.91 Å². The number of carbonyl (C=O) groups excluding carboxylic acids is 1. The summed E-state index contributed by atoms with van der Waals surface area (Å²) in [5, 5.41) is -0.00680. The highest BCUT2D eigenvalue weighted by atomic mass is 35.5. The summed E-state index contributed by atoms with van der Waals surface area (Å²) in [6.07, 6.45) is 1.88. The topological polar surface area (TPSA) is 20.3 Å². The van der Waals surface area contributed by atoms with Crippen LogP contribution >= 0.6 is 11.6 Å². The summed E-state index contributed by atoms with van der Waals surface area (Å²) in [5.74, 6) is -1.91. The number of amides is 1. The summed E-state index contributed by atoms with van der Waals surface area (Å²) >= 11 is 6.00. The third-order valence-corrected chi connectivity index (χ3v) is 3.41. The maximum Gasteiger partial charge on any atom is 0.227 e. The highest BCUT2D eigenvalue weighted by molar-refractivity contribution is 6.20. The molecule has 2 nitrogen and oxygen atoms in total. The number of rotatable bonds is 2. The molecule has 2 rings (SSSR count). The zero-order valence-corrected chi connectivity index (χ0v) is 10.6. The molecule has 0 N–H and O–H groups in total. The van der Waals surface area contributed by atoms with Crippen LogP contribution in [0, 0.1) is 11.6 Å². The van der Waals surface area contributed by atoms with Gasteiger partial charge in [-0.1, -0.05) is 6.07 Å². The molecule has 18 heavy (non-hydrogen) atoms. The molecule has 1 fully saturated rings. The average Bonchev–Trinajstić information content (AvgIpc) is 2.34. The number of carbonyl (C=O) groups is 1. The molecule has 0 spiro atoms. The van der Waals surface area contributed by atoms with E-state index in [2.05, 4.69) is 0 Å². The van der Waals surface area contributed by atoms with Crippen molar-refractivity contribution < 1.29 is 13.6 Å². The molecule has 0 aromatic heterocycles. The number of piperidine rings is 1. The van der Waals surface area contributed by atoms with Crippen molar-refractivity contribution in [1.82, 2.24) is 4.90 Å². The van der Waals surface area contributed by atoms with E-state index in [0.29, 0.717) is 18.7 Å². The number of halogens is 3. The predicted molar refractivity (Wildman–Crippen MR) is 65.5 cm³/mol. The molecule has 98 valence electrons. The average molecular weight is 274 g/mol. The van der Waals surface area contributed by atoms with E-state index in [-0.39, 0.29) is 17.7 Å². The monoisotopic (exact) mass is 273 g/mol. The van der Waals surface area contributed by atoms with Crippen LogP contribution < -0.4 is 0 Å². The fourth-order valence-corrected chi connectivity index (χ4v) is 2.41. The Labute approximate surface area is 110 Å². The Morgan fingerprint density at radius 2 is 2.17 bits per heavy atom. The molecule has 1 aliphatic rings. The molecule has 1 heterocycles. The molecule has 1 saturated heterocycles. The SMILES string of the molecule is O=C(Cc1ccc(F)c(F)c1)N1CCCC(Cl)C1. The molecular weight excluding hydrogens is 260 g/mol. The minimum atomic E-state index is -0.922. The Balaban J connectivity index is 2.00. The van der Waals surface area contributed by atoms with Gasteiger partial charge in [-0.05, 0) is 30.5 Å². The van der Waals surface area contributed by atoms with Gasteiger partial charge in [-0.2, -0.15) is 0 Å². The Hall–Kier alpha value is -1.16. The molecule has 0 bridgehead atoms. The third kappa shape index (κ3) is 3.19. The van der Waals surface area contributed by atoms with Gasteiger partial charge in [-0.25, -0.2) is 8.78 Å². The zero-order valence-electron chi connectivity index (χ0n) is 9.83. The Kier molecular flexibility index (Phi) is 4.17. The maximum atomic E-state index is 13.0. The maximum absolute atomic E-state index is 13.0. The first-order valence-electron chi connectivity index (χ1n) is 5.92. The van der Waals surface area contributed by atoms with Crippen LogP contribution in [0.2, 0.25) is 0 Å². The van der Waals surface area contributed by atoms with Gasteiger partial charge in [-0.3, -0.25) is 4.79 Å². The Morgan fingerprint density at radius 3 is 2.83 bits per heavy atom. The zero-order chi connectivity index (χ0) is 13.1. The minimum absolute atomic E-state index is 0.00680. The van der Waals surface area contributed by atoms with Crippen molar-refractivity contribution in [1.29, 1.82) is 0 Å². The van der Waals surface area contributed by atoms with Crippen molar-refractivity contribution in [2.45, 2.75) is 24.6 Å².